The number of aromatic nitrogens is 4. The molecular formula is C13H12ClN5. The highest BCUT2D eigenvalue weighted by Crippen LogP contribution is 2.31. The minimum Gasteiger partial charge on any atom is -0.368 e. The number of hydrogen-bond donors (Lipinski definition) is 2. The minimum atomic E-state index is 0.210. The molecule has 3 rings (SSSR count). The lowest BCUT2D eigenvalue weighted by Gasteiger charge is -2.09. The number of hydrogen-bond acceptors (Lipinski definition) is 4. The van der Waals surface area contributed by atoms with Crippen molar-refractivity contribution in [2.75, 3.05) is 5.73 Å². The summed E-state index contributed by atoms with van der Waals surface area (Å²) in [6, 6.07) is 3.92. The average Bonchev–Trinajstić information content (AvgIpc) is 2.80. The third-order valence-electron chi connectivity index (χ3n) is 3.06. The van der Waals surface area contributed by atoms with Gasteiger partial charge in [-0.1, -0.05) is 11.6 Å². The molecule has 96 valence electrons. The first kappa shape index (κ1) is 11.9. The van der Waals surface area contributed by atoms with Crippen molar-refractivity contribution < 1.29 is 0 Å². The second-order valence-electron chi connectivity index (χ2n) is 4.45. The molecule has 6 heteroatoms. The van der Waals surface area contributed by atoms with Crippen LogP contribution < -0.4 is 5.73 Å². The lowest BCUT2D eigenvalue weighted by molar-refractivity contribution is 1.21. The molecular weight excluding hydrogens is 262 g/mol. The van der Waals surface area contributed by atoms with Gasteiger partial charge in [-0.3, -0.25) is 0 Å². The number of nitrogens with two attached hydrogens (primary N) is 1. The highest BCUT2D eigenvalue weighted by molar-refractivity contribution is 6.31. The van der Waals surface area contributed by atoms with Crippen LogP contribution in [0.3, 0.4) is 0 Å². The molecule has 3 N–H and O–H groups in total. The fourth-order valence-electron chi connectivity index (χ4n) is 2.08. The summed E-state index contributed by atoms with van der Waals surface area (Å²) in [6.45, 7) is 3.95. The van der Waals surface area contributed by atoms with Crippen LogP contribution in [0.25, 0.3) is 22.4 Å². The molecule has 0 saturated carbocycles. The van der Waals surface area contributed by atoms with Gasteiger partial charge in [0, 0.05) is 10.6 Å². The summed E-state index contributed by atoms with van der Waals surface area (Å²) in [7, 11) is 0. The highest BCUT2D eigenvalue weighted by atomic mass is 35.5. The largest absolute Gasteiger partial charge is 0.368 e. The molecule has 2 heterocycles. The molecule has 0 aliphatic rings. The molecule has 0 unspecified atom stereocenters. The van der Waals surface area contributed by atoms with Gasteiger partial charge in [0.1, 0.15) is 11.2 Å². The summed E-state index contributed by atoms with van der Waals surface area (Å²) < 4.78 is 0. The quantitative estimate of drug-likeness (QED) is 0.714. The Hall–Kier alpha value is -2.14. The summed E-state index contributed by atoms with van der Waals surface area (Å²) >= 11 is 6.12. The summed E-state index contributed by atoms with van der Waals surface area (Å²) in [6.07, 6.45) is 1.58. The van der Waals surface area contributed by atoms with Crippen molar-refractivity contribution in [3.05, 3.63) is 34.6 Å². The molecule has 0 radical (unpaired) electrons. The number of aromatic amines is 1. The van der Waals surface area contributed by atoms with E-state index in [9.17, 15) is 0 Å². The van der Waals surface area contributed by atoms with Crippen LogP contribution in [0.1, 0.15) is 11.1 Å². The van der Waals surface area contributed by atoms with E-state index in [1.54, 1.807) is 6.33 Å². The second-order valence-corrected chi connectivity index (χ2v) is 4.86. The maximum Gasteiger partial charge on any atom is 0.222 e. The van der Waals surface area contributed by atoms with Crippen molar-refractivity contribution in [2.45, 2.75) is 13.8 Å². The zero-order chi connectivity index (χ0) is 13.6. The fourth-order valence-corrected chi connectivity index (χ4v) is 2.30. The normalized spacial score (nSPS) is 11.1. The molecule has 5 nitrogen and oxygen atoms in total. The molecule has 0 aliphatic heterocycles. The molecule has 19 heavy (non-hydrogen) atoms. The molecule has 0 saturated heterocycles. The maximum absolute atomic E-state index is 6.12. The summed E-state index contributed by atoms with van der Waals surface area (Å²) in [5.74, 6) is 0.210. The number of halogens is 1. The van der Waals surface area contributed by atoms with E-state index in [0.29, 0.717) is 5.65 Å². The number of nitrogen functional groups attached to an aromatic ring is 1. The van der Waals surface area contributed by atoms with Gasteiger partial charge in [-0.05, 0) is 37.1 Å². The van der Waals surface area contributed by atoms with E-state index in [-0.39, 0.29) is 5.95 Å². The molecule has 0 amide bonds. The van der Waals surface area contributed by atoms with E-state index in [2.05, 4.69) is 19.9 Å². The second kappa shape index (κ2) is 4.20. The van der Waals surface area contributed by atoms with E-state index < -0.39 is 0 Å². The van der Waals surface area contributed by atoms with Crippen LogP contribution in [-0.2, 0) is 0 Å². The number of nitrogens with zero attached hydrogens (tertiary/aromatic N) is 3. The van der Waals surface area contributed by atoms with E-state index in [1.807, 2.05) is 26.0 Å². The van der Waals surface area contributed by atoms with Gasteiger partial charge >= 0.3 is 0 Å². The highest BCUT2D eigenvalue weighted by Gasteiger charge is 2.13. The van der Waals surface area contributed by atoms with Crippen molar-refractivity contribution in [1.29, 1.82) is 0 Å². The maximum atomic E-state index is 6.12. The van der Waals surface area contributed by atoms with Crippen molar-refractivity contribution >= 4 is 28.7 Å². The standard InChI is InChI=1S/C13H12ClN5/c1-6-4-9(14)7(2)3-8(6)10-11-12(17-5-16-11)19-13(15)18-10/h3-5H,1-2H3,(H3,15,16,17,18,19). The SMILES string of the molecule is Cc1cc(-c2nc(N)nc3nc[nH]c23)c(C)cc1Cl. The minimum absolute atomic E-state index is 0.210. The van der Waals surface area contributed by atoms with Gasteiger partial charge in [0.25, 0.3) is 0 Å². The van der Waals surface area contributed by atoms with Crippen LogP contribution in [0.15, 0.2) is 18.5 Å². The van der Waals surface area contributed by atoms with Crippen LogP contribution in [0, 0.1) is 13.8 Å². The first-order valence-corrected chi connectivity index (χ1v) is 6.18. The molecule has 0 atom stereocenters. The molecule has 3 aromatic rings. The van der Waals surface area contributed by atoms with Crippen LogP contribution in [0.5, 0.6) is 0 Å². The molecule has 0 bridgehead atoms. The topological polar surface area (TPSA) is 80.5 Å². The first-order valence-electron chi connectivity index (χ1n) is 5.80. The third kappa shape index (κ3) is 1.92. The number of benzene rings is 1. The van der Waals surface area contributed by atoms with E-state index >= 15 is 0 Å². The predicted octanol–water partition coefficient (Wildman–Crippen LogP) is 2.87. The van der Waals surface area contributed by atoms with Crippen LogP contribution >= 0.6 is 11.6 Å². The third-order valence-corrected chi connectivity index (χ3v) is 3.47. The number of imidazole rings is 1. The molecule has 0 aliphatic carbocycles. The van der Waals surface area contributed by atoms with E-state index in [4.69, 9.17) is 17.3 Å². The van der Waals surface area contributed by atoms with E-state index in [1.165, 1.54) is 0 Å². The van der Waals surface area contributed by atoms with Crippen molar-refractivity contribution in [1.82, 2.24) is 19.9 Å². The monoisotopic (exact) mass is 273 g/mol. The molecule has 1 aromatic carbocycles. The fraction of sp³-hybridized carbons (Fsp3) is 0.154. The van der Waals surface area contributed by atoms with Crippen molar-refractivity contribution in [3.8, 4) is 11.3 Å². The summed E-state index contributed by atoms with van der Waals surface area (Å²) in [4.78, 5) is 15.6. The Bertz CT molecular complexity index is 778. The molecule has 2 aromatic heterocycles. The average molecular weight is 274 g/mol. The first-order chi connectivity index (χ1) is 9.06. The van der Waals surface area contributed by atoms with Crippen molar-refractivity contribution in [2.24, 2.45) is 0 Å². The van der Waals surface area contributed by atoms with Crippen LogP contribution in [0.4, 0.5) is 5.95 Å². The van der Waals surface area contributed by atoms with Gasteiger partial charge in [0.05, 0.1) is 6.33 Å². The van der Waals surface area contributed by atoms with Gasteiger partial charge < -0.3 is 10.7 Å². The van der Waals surface area contributed by atoms with Crippen molar-refractivity contribution in [3.63, 3.8) is 0 Å². The number of fused-ring (bicyclic) bond motifs is 1. The molecule has 0 fully saturated rings. The number of aryl methyl sites for hydroxylation is 2. The smallest absolute Gasteiger partial charge is 0.222 e. The van der Waals surface area contributed by atoms with Crippen LogP contribution in [0.2, 0.25) is 5.02 Å². The van der Waals surface area contributed by atoms with Gasteiger partial charge in [-0.15, -0.1) is 0 Å². The van der Waals surface area contributed by atoms with E-state index in [0.717, 1.165) is 32.9 Å². The number of rotatable bonds is 1. The number of nitrogens with one attached hydrogen (secondary N) is 1. The van der Waals surface area contributed by atoms with Gasteiger partial charge in [0.2, 0.25) is 5.95 Å². The lowest BCUT2D eigenvalue weighted by Crippen LogP contribution is -1.99. The summed E-state index contributed by atoms with van der Waals surface area (Å²) in [5, 5.41) is 0.740. The lowest BCUT2D eigenvalue weighted by atomic mass is 10.0. The summed E-state index contributed by atoms with van der Waals surface area (Å²) in [5.41, 5.74) is 10.8. The Morgan fingerprint density at radius 3 is 2.74 bits per heavy atom. The van der Waals surface area contributed by atoms with Gasteiger partial charge in [-0.25, -0.2) is 9.97 Å². The van der Waals surface area contributed by atoms with Gasteiger partial charge in [0.15, 0.2) is 5.65 Å². The number of H-pyrrole nitrogens is 1. The Morgan fingerprint density at radius 1 is 1.16 bits per heavy atom. The zero-order valence-corrected chi connectivity index (χ0v) is 11.3. The Balaban J connectivity index is 2.35. The predicted molar refractivity (Wildman–Crippen MR) is 76.0 cm³/mol. The Kier molecular flexibility index (Phi) is 2.64. The Labute approximate surface area is 114 Å². The zero-order valence-electron chi connectivity index (χ0n) is 10.5. The van der Waals surface area contributed by atoms with Gasteiger partial charge in [-0.2, -0.15) is 4.98 Å². The van der Waals surface area contributed by atoms with Crippen LogP contribution in [-0.4, -0.2) is 19.9 Å². The number of anilines is 1. The molecule has 0 spiro atoms. The Morgan fingerprint density at radius 2 is 1.95 bits per heavy atom.